The molecule has 0 aliphatic heterocycles. The lowest BCUT2D eigenvalue weighted by molar-refractivity contribution is -0.132. The van der Waals surface area contributed by atoms with Crippen molar-refractivity contribution in [3.05, 3.63) is 34.6 Å². The lowest BCUT2D eigenvalue weighted by Crippen LogP contribution is -2.39. The summed E-state index contributed by atoms with van der Waals surface area (Å²) in [6, 6.07) is 5.02. The largest absolute Gasteiger partial charge is 0.333 e. The Morgan fingerprint density at radius 3 is 2.75 bits per heavy atom. The highest BCUT2D eigenvalue weighted by Gasteiger charge is 2.19. The normalized spacial score (nSPS) is 10.9. The molecule has 0 atom stereocenters. The van der Waals surface area contributed by atoms with Gasteiger partial charge in [0.2, 0.25) is 11.8 Å². The molecule has 2 aromatic rings. The minimum Gasteiger partial charge on any atom is -0.333 e. The maximum atomic E-state index is 12.6. The predicted octanol–water partition coefficient (Wildman–Crippen LogP) is 4.14. The number of benzene rings is 1. The number of thioether (sulfide) groups is 1. The van der Waals surface area contributed by atoms with Crippen LogP contribution in [-0.4, -0.2) is 50.3 Å². The van der Waals surface area contributed by atoms with E-state index in [2.05, 4.69) is 15.5 Å². The topological polar surface area (TPSA) is 80.1 Å². The van der Waals surface area contributed by atoms with Gasteiger partial charge in [0.05, 0.1) is 23.0 Å². The molecule has 10 heteroatoms. The van der Waals surface area contributed by atoms with E-state index in [4.69, 9.17) is 23.2 Å². The van der Waals surface area contributed by atoms with Gasteiger partial charge in [-0.25, -0.2) is 0 Å². The van der Waals surface area contributed by atoms with Gasteiger partial charge in [0.15, 0.2) is 5.16 Å². The number of hydrogen-bond donors (Lipinski definition) is 1. The van der Waals surface area contributed by atoms with Crippen molar-refractivity contribution >= 4 is 52.5 Å². The highest BCUT2D eigenvalue weighted by Crippen LogP contribution is 2.25. The number of amides is 2. The van der Waals surface area contributed by atoms with Crippen LogP contribution in [0.3, 0.4) is 0 Å². The fourth-order valence-corrected chi connectivity index (χ4v) is 3.71. The van der Waals surface area contributed by atoms with Crippen molar-refractivity contribution in [1.82, 2.24) is 19.7 Å². The van der Waals surface area contributed by atoms with Crippen molar-refractivity contribution in [2.24, 2.45) is 0 Å². The van der Waals surface area contributed by atoms with Gasteiger partial charge in [0, 0.05) is 17.6 Å². The molecule has 28 heavy (non-hydrogen) atoms. The van der Waals surface area contributed by atoms with Crippen LogP contribution >= 0.6 is 35.0 Å². The summed E-state index contributed by atoms with van der Waals surface area (Å²) in [5.74, 6) is -0.296. The van der Waals surface area contributed by atoms with Gasteiger partial charge in [-0.15, -0.1) is 10.2 Å². The average molecular weight is 444 g/mol. The third-order valence-corrected chi connectivity index (χ3v) is 5.31. The monoisotopic (exact) mass is 443 g/mol. The molecule has 0 saturated carbocycles. The van der Waals surface area contributed by atoms with Crippen molar-refractivity contribution in [2.75, 3.05) is 24.2 Å². The van der Waals surface area contributed by atoms with Crippen LogP contribution in [0.15, 0.2) is 29.7 Å². The Labute approximate surface area is 178 Å². The van der Waals surface area contributed by atoms with Crippen molar-refractivity contribution in [3.8, 4) is 0 Å². The molecule has 2 rings (SSSR count). The van der Waals surface area contributed by atoms with E-state index in [0.29, 0.717) is 27.4 Å². The molecular formula is C18H23Cl2N5O2S. The molecule has 0 fully saturated rings. The fourth-order valence-electron chi connectivity index (χ4n) is 2.43. The minimum atomic E-state index is -0.332. The van der Waals surface area contributed by atoms with Crippen LogP contribution in [-0.2, 0) is 9.59 Å². The van der Waals surface area contributed by atoms with E-state index in [1.165, 1.54) is 16.7 Å². The Bertz CT molecular complexity index is 828. The van der Waals surface area contributed by atoms with Gasteiger partial charge in [-0.2, -0.15) is 0 Å². The smallest absolute Gasteiger partial charge is 0.244 e. The lowest BCUT2D eigenvalue weighted by atomic mass is 10.3. The summed E-state index contributed by atoms with van der Waals surface area (Å²) in [6.07, 6.45) is 2.38. The summed E-state index contributed by atoms with van der Waals surface area (Å²) in [4.78, 5) is 26.6. The summed E-state index contributed by atoms with van der Waals surface area (Å²) in [5, 5.41) is 12.2. The maximum Gasteiger partial charge on any atom is 0.244 e. The second-order valence-electron chi connectivity index (χ2n) is 6.39. The van der Waals surface area contributed by atoms with Gasteiger partial charge in [-0.1, -0.05) is 41.9 Å². The van der Waals surface area contributed by atoms with E-state index in [1.54, 1.807) is 24.5 Å². The van der Waals surface area contributed by atoms with Crippen molar-refractivity contribution < 1.29 is 9.59 Å². The van der Waals surface area contributed by atoms with Crippen LogP contribution < -0.4 is 5.32 Å². The first-order valence-electron chi connectivity index (χ1n) is 8.86. The second kappa shape index (κ2) is 10.7. The molecule has 1 aromatic carbocycles. The highest BCUT2D eigenvalue weighted by molar-refractivity contribution is 7.99. The molecule has 1 N–H and O–H groups in total. The van der Waals surface area contributed by atoms with Crippen molar-refractivity contribution in [2.45, 2.75) is 38.4 Å². The molecule has 0 aliphatic carbocycles. The summed E-state index contributed by atoms with van der Waals surface area (Å²) in [7, 11) is 0. The SMILES string of the molecule is CCCN(CC(=O)Nc1cc(Cl)ccc1Cl)C(=O)CSc1nncn1C(C)C. The Morgan fingerprint density at radius 1 is 1.32 bits per heavy atom. The summed E-state index contributed by atoms with van der Waals surface area (Å²) in [5.41, 5.74) is 0.419. The zero-order chi connectivity index (χ0) is 20.7. The molecular weight excluding hydrogens is 421 g/mol. The predicted molar refractivity (Wildman–Crippen MR) is 113 cm³/mol. The van der Waals surface area contributed by atoms with Gasteiger partial charge in [0.25, 0.3) is 0 Å². The van der Waals surface area contributed by atoms with E-state index < -0.39 is 0 Å². The Kier molecular flexibility index (Phi) is 8.59. The van der Waals surface area contributed by atoms with E-state index in [9.17, 15) is 9.59 Å². The van der Waals surface area contributed by atoms with Gasteiger partial charge < -0.3 is 14.8 Å². The molecule has 0 saturated heterocycles. The summed E-state index contributed by atoms with van der Waals surface area (Å²) >= 11 is 13.3. The molecule has 0 unspecified atom stereocenters. The molecule has 0 aliphatic rings. The fraction of sp³-hybridized carbons (Fsp3) is 0.444. The van der Waals surface area contributed by atoms with Gasteiger partial charge in [-0.05, 0) is 38.5 Å². The third kappa shape index (κ3) is 6.39. The number of rotatable bonds is 9. The summed E-state index contributed by atoms with van der Waals surface area (Å²) < 4.78 is 1.90. The number of carbonyl (C=O) groups is 2. The van der Waals surface area contributed by atoms with Crippen LogP contribution in [0, 0.1) is 0 Å². The van der Waals surface area contributed by atoms with E-state index in [1.807, 2.05) is 25.3 Å². The molecule has 7 nitrogen and oxygen atoms in total. The zero-order valence-corrected chi connectivity index (χ0v) is 18.3. The quantitative estimate of drug-likeness (QED) is 0.589. The minimum absolute atomic E-state index is 0.0626. The van der Waals surface area contributed by atoms with Crippen LogP contribution in [0.25, 0.3) is 0 Å². The zero-order valence-electron chi connectivity index (χ0n) is 16.0. The Hall–Kier alpha value is -1.77. The van der Waals surface area contributed by atoms with Crippen molar-refractivity contribution in [3.63, 3.8) is 0 Å². The molecule has 0 radical (unpaired) electrons. The lowest BCUT2D eigenvalue weighted by Gasteiger charge is -2.21. The van der Waals surface area contributed by atoms with E-state index in [-0.39, 0.29) is 30.2 Å². The van der Waals surface area contributed by atoms with Crippen molar-refractivity contribution in [1.29, 1.82) is 0 Å². The number of nitrogens with one attached hydrogen (secondary N) is 1. The number of nitrogens with zero attached hydrogens (tertiary/aromatic N) is 4. The molecule has 2 amide bonds. The van der Waals surface area contributed by atoms with Crippen LogP contribution in [0.4, 0.5) is 5.69 Å². The molecule has 152 valence electrons. The van der Waals surface area contributed by atoms with Crippen LogP contribution in [0.2, 0.25) is 10.0 Å². The molecule has 0 bridgehead atoms. The number of hydrogen-bond acceptors (Lipinski definition) is 5. The number of carbonyl (C=O) groups excluding carboxylic acids is 2. The second-order valence-corrected chi connectivity index (χ2v) is 8.18. The third-order valence-electron chi connectivity index (χ3n) is 3.80. The first-order valence-corrected chi connectivity index (χ1v) is 10.6. The first kappa shape index (κ1) is 22.5. The summed E-state index contributed by atoms with van der Waals surface area (Å²) in [6.45, 7) is 6.41. The van der Waals surface area contributed by atoms with Crippen LogP contribution in [0.5, 0.6) is 0 Å². The van der Waals surface area contributed by atoms with Crippen LogP contribution in [0.1, 0.15) is 33.2 Å². The van der Waals surface area contributed by atoms with E-state index >= 15 is 0 Å². The Morgan fingerprint density at radius 2 is 2.07 bits per heavy atom. The first-order chi connectivity index (χ1) is 13.3. The Balaban J connectivity index is 1.97. The maximum absolute atomic E-state index is 12.6. The van der Waals surface area contributed by atoms with Gasteiger partial charge in [-0.3, -0.25) is 9.59 Å². The molecule has 1 heterocycles. The molecule has 0 spiro atoms. The highest BCUT2D eigenvalue weighted by atomic mass is 35.5. The number of aromatic nitrogens is 3. The van der Waals surface area contributed by atoms with Gasteiger partial charge >= 0.3 is 0 Å². The standard InChI is InChI=1S/C18H23Cl2N5O2S/c1-4-7-24(9-16(26)22-15-8-13(19)5-6-14(15)20)17(27)10-28-18-23-21-11-25(18)12(2)3/h5-6,8,11-12H,4,7,9-10H2,1-3H3,(H,22,26). The van der Waals surface area contributed by atoms with E-state index in [0.717, 1.165) is 6.42 Å². The van der Waals surface area contributed by atoms with Gasteiger partial charge in [0.1, 0.15) is 6.33 Å². The molecule has 1 aromatic heterocycles. The number of halogens is 2. The average Bonchev–Trinajstić information content (AvgIpc) is 3.11. The number of anilines is 1.